The van der Waals surface area contributed by atoms with Crippen LogP contribution in [0.4, 0.5) is 8.78 Å². The number of hydrogen-bond donors (Lipinski definition) is 0. The van der Waals surface area contributed by atoms with Crippen LogP contribution in [0.2, 0.25) is 0 Å². The van der Waals surface area contributed by atoms with Crippen molar-refractivity contribution in [3.63, 3.8) is 0 Å². The summed E-state index contributed by atoms with van der Waals surface area (Å²) in [6.07, 6.45) is 0. The molecule has 0 aliphatic heterocycles. The summed E-state index contributed by atoms with van der Waals surface area (Å²) in [5.74, 6) is 0. The summed E-state index contributed by atoms with van der Waals surface area (Å²) in [7, 11) is 0. The quantitative estimate of drug-likeness (QED) is 0.408. The van der Waals surface area contributed by atoms with E-state index in [1.807, 2.05) is 0 Å². The Morgan fingerprint density at radius 2 is 1.71 bits per heavy atom. The lowest BCUT2D eigenvalue weighted by molar-refractivity contribution is -0.124. The van der Waals surface area contributed by atoms with Gasteiger partial charge in [-0.2, -0.15) is 8.78 Å². The van der Waals surface area contributed by atoms with Crippen molar-refractivity contribution in [2.24, 2.45) is 0 Å². The van der Waals surface area contributed by atoms with Crippen LogP contribution in [0.15, 0.2) is 0 Å². The second-order valence-corrected chi connectivity index (χ2v) is 1.59. The smallest absolute Gasteiger partial charge is 0.273 e. The van der Waals surface area contributed by atoms with Crippen molar-refractivity contribution in [1.82, 2.24) is 0 Å². The molecule has 5 heteroatoms. The lowest BCUT2D eigenvalue weighted by atomic mass is 10.8. The Bertz CT molecular complexity index is 86.2. The van der Waals surface area contributed by atoms with E-state index in [-0.39, 0.29) is 0 Å². The van der Waals surface area contributed by atoms with Gasteiger partial charge in [0.25, 0.3) is 0 Å². The molecule has 0 bridgehead atoms. The minimum atomic E-state index is -3.90. The van der Waals surface area contributed by atoms with E-state index in [9.17, 15) is 13.6 Å². The van der Waals surface area contributed by atoms with Crippen molar-refractivity contribution in [3.8, 4) is 0 Å². The molecule has 0 aliphatic rings. The van der Waals surface area contributed by atoms with Crippen LogP contribution in [0.1, 0.15) is 0 Å². The monoisotopic (exact) mass is 148 g/mol. The Balaban J connectivity index is 3.79. The van der Waals surface area contributed by atoms with Crippen LogP contribution in [0, 0.1) is 0 Å². The summed E-state index contributed by atoms with van der Waals surface area (Å²) < 4.78 is 22.3. The molecule has 0 heterocycles. The third kappa shape index (κ3) is 2.76. The Hall–Kier alpha value is 0.110. The highest BCUT2D eigenvalue weighted by Gasteiger charge is 2.33. The maximum absolute atomic E-state index is 11.1. The molecule has 0 saturated heterocycles. The van der Waals surface area contributed by atoms with Crippen molar-refractivity contribution in [2.45, 2.75) is 5.38 Å². The fourth-order valence-electron chi connectivity index (χ4n) is 0. The van der Waals surface area contributed by atoms with E-state index in [0.29, 0.717) is 0 Å². The zero-order valence-corrected chi connectivity index (χ0v) is 4.43. The summed E-state index contributed by atoms with van der Waals surface area (Å²) >= 11 is 8.29. The zero-order chi connectivity index (χ0) is 6.08. The molecule has 0 saturated carbocycles. The van der Waals surface area contributed by atoms with Crippen LogP contribution in [-0.2, 0) is 4.79 Å². The molecule has 1 nitrogen and oxygen atoms in total. The fourth-order valence-corrected chi connectivity index (χ4v) is 0. The Kier molecular flexibility index (Phi) is 1.95. The fraction of sp³-hybridized carbons (Fsp3) is 0.500. The van der Waals surface area contributed by atoms with Crippen molar-refractivity contribution in [1.29, 1.82) is 0 Å². The second kappa shape index (κ2) is 1.92. The molecule has 0 aliphatic carbocycles. The highest BCUT2D eigenvalue weighted by atomic mass is 35.5. The predicted octanol–water partition coefficient (Wildman–Crippen LogP) is 1.58. The van der Waals surface area contributed by atoms with Crippen LogP contribution in [0.25, 0.3) is 0 Å². The summed E-state index contributed by atoms with van der Waals surface area (Å²) in [5.41, 5.74) is 0. The molecule has 0 fully saturated rings. The van der Waals surface area contributed by atoms with Crippen molar-refractivity contribution >= 4 is 28.4 Å². The number of hydrogen-bond acceptors (Lipinski definition) is 1. The highest BCUT2D eigenvalue weighted by Crippen LogP contribution is 2.20. The summed E-state index contributed by atoms with van der Waals surface area (Å²) in [6, 6.07) is 0. The normalized spacial score (nSPS) is 11.4. The van der Waals surface area contributed by atoms with Gasteiger partial charge in [0.1, 0.15) is 0 Å². The average Bonchev–Trinajstić information content (AvgIpc) is 1.31. The molecule has 0 radical (unpaired) electrons. The first-order valence-corrected chi connectivity index (χ1v) is 1.97. The molecule has 0 atom stereocenters. The number of halogens is 4. The first-order chi connectivity index (χ1) is 2.94. The number of carbonyl (C=O) groups is 1. The van der Waals surface area contributed by atoms with Gasteiger partial charge in [0, 0.05) is 0 Å². The third-order valence-electron chi connectivity index (χ3n) is 0.223. The van der Waals surface area contributed by atoms with E-state index in [2.05, 4.69) is 23.2 Å². The van der Waals surface area contributed by atoms with Crippen LogP contribution in [0.5, 0.6) is 0 Å². The number of carbonyl (C=O) groups excluding carboxylic acids is 1. The minimum absolute atomic E-state index is 1.85. The first-order valence-electron chi connectivity index (χ1n) is 1.21. The molecule has 0 rings (SSSR count). The predicted molar refractivity (Wildman–Crippen MR) is 21.7 cm³/mol. The third-order valence-corrected chi connectivity index (χ3v) is 0.729. The Morgan fingerprint density at radius 1 is 1.57 bits per heavy atom. The van der Waals surface area contributed by atoms with Crippen molar-refractivity contribution in [3.05, 3.63) is 0 Å². The standard InChI is InChI=1S/C2Cl2F2O/c3-1(7)2(4,5)6. The van der Waals surface area contributed by atoms with Gasteiger partial charge in [-0.3, -0.25) is 4.79 Å². The van der Waals surface area contributed by atoms with Gasteiger partial charge in [0.2, 0.25) is 0 Å². The van der Waals surface area contributed by atoms with E-state index in [0.717, 1.165) is 0 Å². The van der Waals surface area contributed by atoms with E-state index in [1.165, 1.54) is 0 Å². The molecule has 7 heavy (non-hydrogen) atoms. The lowest BCUT2D eigenvalue weighted by Crippen LogP contribution is -2.14. The highest BCUT2D eigenvalue weighted by molar-refractivity contribution is 6.69. The van der Waals surface area contributed by atoms with Gasteiger partial charge in [-0.05, 0) is 23.2 Å². The SMILES string of the molecule is O=C(Cl)C(F)(F)Cl. The largest absolute Gasteiger partial charge is 0.395 e. The molecule has 0 aromatic carbocycles. The van der Waals surface area contributed by atoms with Crippen molar-refractivity contribution in [2.75, 3.05) is 0 Å². The van der Waals surface area contributed by atoms with Gasteiger partial charge in [0.15, 0.2) is 0 Å². The van der Waals surface area contributed by atoms with E-state index in [1.54, 1.807) is 0 Å². The summed E-state index contributed by atoms with van der Waals surface area (Å²) in [5, 5.41) is -5.75. The molecule has 0 aromatic heterocycles. The topological polar surface area (TPSA) is 17.1 Å². The zero-order valence-electron chi connectivity index (χ0n) is 2.92. The molecule has 0 unspecified atom stereocenters. The van der Waals surface area contributed by atoms with Crippen LogP contribution in [0.3, 0.4) is 0 Å². The van der Waals surface area contributed by atoms with E-state index < -0.39 is 10.6 Å². The van der Waals surface area contributed by atoms with Crippen LogP contribution < -0.4 is 0 Å². The van der Waals surface area contributed by atoms with Gasteiger partial charge in [0.05, 0.1) is 0 Å². The number of rotatable bonds is 1. The van der Waals surface area contributed by atoms with Gasteiger partial charge in [-0.15, -0.1) is 0 Å². The second-order valence-electron chi connectivity index (χ2n) is 0.771. The minimum Gasteiger partial charge on any atom is -0.273 e. The molecule has 0 amide bonds. The average molecular weight is 149 g/mol. The van der Waals surface area contributed by atoms with Crippen molar-refractivity contribution < 1.29 is 13.6 Å². The van der Waals surface area contributed by atoms with Gasteiger partial charge in [-0.25, -0.2) is 0 Å². The van der Waals surface area contributed by atoms with Crippen LogP contribution in [-0.4, -0.2) is 10.6 Å². The maximum Gasteiger partial charge on any atom is 0.395 e. The van der Waals surface area contributed by atoms with Crippen LogP contribution >= 0.6 is 23.2 Å². The van der Waals surface area contributed by atoms with E-state index >= 15 is 0 Å². The molecular weight excluding hydrogens is 149 g/mol. The molecule has 0 spiro atoms. The lowest BCUT2D eigenvalue weighted by Gasteiger charge is -1.95. The summed E-state index contributed by atoms with van der Waals surface area (Å²) in [4.78, 5) is 9.35. The van der Waals surface area contributed by atoms with Gasteiger partial charge < -0.3 is 0 Å². The molecule has 0 N–H and O–H groups in total. The number of alkyl halides is 3. The first kappa shape index (κ1) is 7.11. The molecular formula is C2Cl2F2O. The van der Waals surface area contributed by atoms with Gasteiger partial charge >= 0.3 is 10.6 Å². The Labute approximate surface area is 48.2 Å². The Morgan fingerprint density at radius 3 is 1.71 bits per heavy atom. The maximum atomic E-state index is 11.1. The van der Waals surface area contributed by atoms with Gasteiger partial charge in [-0.1, -0.05) is 0 Å². The van der Waals surface area contributed by atoms with E-state index in [4.69, 9.17) is 0 Å². The molecule has 0 aromatic rings. The summed E-state index contributed by atoms with van der Waals surface area (Å²) in [6.45, 7) is 0. The molecule has 42 valence electrons.